The summed E-state index contributed by atoms with van der Waals surface area (Å²) in [6.45, 7) is 0. The molecule has 2 heterocycles. The lowest BCUT2D eigenvalue weighted by Gasteiger charge is -2.06. The average Bonchev–Trinajstić information content (AvgIpc) is 3.11. The van der Waals surface area contributed by atoms with E-state index < -0.39 is 0 Å². The van der Waals surface area contributed by atoms with Gasteiger partial charge in [0.15, 0.2) is 23.0 Å². The van der Waals surface area contributed by atoms with Crippen LogP contribution < -0.4 is 19.8 Å². The van der Waals surface area contributed by atoms with Crippen molar-refractivity contribution in [3.63, 3.8) is 0 Å². The van der Waals surface area contributed by atoms with E-state index in [1.165, 1.54) is 25.7 Å². The van der Waals surface area contributed by atoms with E-state index in [-0.39, 0.29) is 11.3 Å². The molecule has 0 aliphatic carbocycles. The third-order valence-corrected chi connectivity index (χ3v) is 4.53. The van der Waals surface area contributed by atoms with Gasteiger partial charge >= 0.3 is 0 Å². The number of rotatable bonds is 5. The van der Waals surface area contributed by atoms with Gasteiger partial charge in [0.1, 0.15) is 17.4 Å². The first-order valence-corrected chi connectivity index (χ1v) is 8.62. The predicted octanol–water partition coefficient (Wildman–Crippen LogP) is 2.49. The molecular formula is C20H18N4O5. The van der Waals surface area contributed by atoms with Gasteiger partial charge in [-0.1, -0.05) is 0 Å². The van der Waals surface area contributed by atoms with E-state index in [9.17, 15) is 9.90 Å². The molecule has 0 unspecified atom stereocenters. The number of aromatic nitrogens is 3. The van der Waals surface area contributed by atoms with Crippen LogP contribution in [-0.4, -0.2) is 47.3 Å². The lowest BCUT2D eigenvalue weighted by Crippen LogP contribution is -2.17. The summed E-state index contributed by atoms with van der Waals surface area (Å²) >= 11 is 0. The molecule has 29 heavy (non-hydrogen) atoms. The highest BCUT2D eigenvalue weighted by atomic mass is 16.5. The fourth-order valence-corrected chi connectivity index (χ4v) is 3.06. The summed E-state index contributed by atoms with van der Waals surface area (Å²) in [6, 6.07) is 8.28. The van der Waals surface area contributed by atoms with E-state index in [1.807, 2.05) is 0 Å². The number of ether oxygens (including phenoxy) is 3. The Morgan fingerprint density at radius 1 is 1.07 bits per heavy atom. The minimum Gasteiger partial charge on any atom is -0.504 e. The molecule has 0 radical (unpaired) electrons. The fourth-order valence-electron chi connectivity index (χ4n) is 3.06. The Morgan fingerprint density at radius 3 is 2.52 bits per heavy atom. The summed E-state index contributed by atoms with van der Waals surface area (Å²) in [5.74, 6) is 1.43. The third kappa shape index (κ3) is 3.12. The molecule has 0 fully saturated rings. The van der Waals surface area contributed by atoms with Crippen LogP contribution in [0.25, 0.3) is 21.9 Å². The smallest absolute Gasteiger partial charge is 0.298 e. The van der Waals surface area contributed by atoms with Gasteiger partial charge in [-0.2, -0.15) is 9.78 Å². The van der Waals surface area contributed by atoms with Gasteiger partial charge in [-0.3, -0.25) is 4.79 Å². The molecule has 0 saturated carbocycles. The molecule has 0 spiro atoms. The summed E-state index contributed by atoms with van der Waals surface area (Å²) in [7, 11) is 4.55. The van der Waals surface area contributed by atoms with Crippen molar-refractivity contribution in [3.05, 3.63) is 52.6 Å². The van der Waals surface area contributed by atoms with E-state index >= 15 is 0 Å². The number of nitrogens with one attached hydrogen (secondary N) is 1. The number of aromatic amines is 1. The molecule has 0 saturated heterocycles. The van der Waals surface area contributed by atoms with Gasteiger partial charge in [0.25, 0.3) is 5.56 Å². The van der Waals surface area contributed by atoms with E-state index in [1.54, 1.807) is 38.5 Å². The van der Waals surface area contributed by atoms with E-state index in [0.29, 0.717) is 39.4 Å². The van der Waals surface area contributed by atoms with Gasteiger partial charge in [-0.05, 0) is 29.8 Å². The number of phenolic OH excluding ortho intramolecular Hbond substituents is 1. The number of methoxy groups -OCH3 is 3. The number of hydrogen-bond donors (Lipinski definition) is 2. The number of phenols is 1. The molecule has 2 N–H and O–H groups in total. The second-order valence-corrected chi connectivity index (χ2v) is 6.17. The van der Waals surface area contributed by atoms with Gasteiger partial charge in [-0.15, -0.1) is 0 Å². The van der Waals surface area contributed by atoms with Crippen molar-refractivity contribution < 1.29 is 19.3 Å². The molecule has 4 aromatic rings. The maximum Gasteiger partial charge on any atom is 0.298 e. The van der Waals surface area contributed by atoms with E-state index in [2.05, 4.69) is 15.1 Å². The SMILES string of the molecule is COc1cc(C=Nn2cnc3c([nH]c4cc(OC)c(OC)cc43)c2=O)ccc1O. The quantitative estimate of drug-likeness (QED) is 0.503. The highest BCUT2D eigenvalue weighted by molar-refractivity contribution is 6.05. The van der Waals surface area contributed by atoms with E-state index in [4.69, 9.17) is 14.2 Å². The molecule has 0 aliphatic rings. The third-order valence-electron chi connectivity index (χ3n) is 4.53. The zero-order valence-electron chi connectivity index (χ0n) is 16.0. The van der Waals surface area contributed by atoms with Crippen LogP contribution in [0.15, 0.2) is 46.6 Å². The van der Waals surface area contributed by atoms with Crippen molar-refractivity contribution in [2.75, 3.05) is 21.3 Å². The molecule has 4 rings (SSSR count). The summed E-state index contributed by atoms with van der Waals surface area (Å²) in [6.07, 6.45) is 2.83. The Morgan fingerprint density at radius 2 is 1.79 bits per heavy atom. The number of nitrogens with zero attached hydrogens (tertiary/aromatic N) is 3. The Hall–Kier alpha value is -4.01. The molecule has 0 bridgehead atoms. The zero-order valence-corrected chi connectivity index (χ0v) is 16.0. The number of H-pyrrole nitrogens is 1. The molecule has 2 aromatic heterocycles. The maximum absolute atomic E-state index is 12.9. The van der Waals surface area contributed by atoms with Crippen molar-refractivity contribution >= 4 is 28.2 Å². The first-order chi connectivity index (χ1) is 14.0. The Labute approximate surface area is 164 Å². The Kier molecular flexibility index (Phi) is 4.55. The van der Waals surface area contributed by atoms with Gasteiger partial charge in [0, 0.05) is 11.5 Å². The lowest BCUT2D eigenvalue weighted by molar-refractivity contribution is 0.356. The zero-order chi connectivity index (χ0) is 20.5. The highest BCUT2D eigenvalue weighted by Crippen LogP contribution is 2.34. The lowest BCUT2D eigenvalue weighted by atomic mass is 10.2. The number of hydrogen-bond acceptors (Lipinski definition) is 7. The molecule has 2 aromatic carbocycles. The second-order valence-electron chi connectivity index (χ2n) is 6.17. The summed E-state index contributed by atoms with van der Waals surface area (Å²) < 4.78 is 16.8. The van der Waals surface area contributed by atoms with Gasteiger partial charge < -0.3 is 24.3 Å². The molecule has 9 nitrogen and oxygen atoms in total. The maximum atomic E-state index is 12.9. The van der Waals surface area contributed by atoms with Crippen LogP contribution in [0.3, 0.4) is 0 Å². The molecule has 148 valence electrons. The average molecular weight is 394 g/mol. The van der Waals surface area contributed by atoms with Crippen LogP contribution in [0, 0.1) is 0 Å². The second kappa shape index (κ2) is 7.19. The van der Waals surface area contributed by atoms with Crippen molar-refractivity contribution in [3.8, 4) is 23.0 Å². The first kappa shape index (κ1) is 18.4. The number of aromatic hydroxyl groups is 1. The van der Waals surface area contributed by atoms with Crippen LogP contribution >= 0.6 is 0 Å². The summed E-state index contributed by atoms with van der Waals surface area (Å²) in [5, 5.41) is 14.6. The molecule has 0 atom stereocenters. The standard InChI is InChI=1S/C20H18N4O5/c1-27-15-6-11(4-5-14(15)25)9-22-24-10-21-18-12-7-16(28-2)17(29-3)8-13(12)23-19(18)20(24)26/h4-10,23,25H,1-3H3. The molecule has 9 heteroatoms. The van der Waals surface area contributed by atoms with Crippen LogP contribution in [0.2, 0.25) is 0 Å². The van der Waals surface area contributed by atoms with Crippen molar-refractivity contribution in [2.24, 2.45) is 5.10 Å². The Balaban J connectivity index is 1.80. The monoisotopic (exact) mass is 394 g/mol. The van der Waals surface area contributed by atoms with Crippen molar-refractivity contribution in [1.29, 1.82) is 0 Å². The minimum atomic E-state index is -0.355. The number of benzene rings is 2. The topological polar surface area (TPSA) is 111 Å². The van der Waals surface area contributed by atoms with E-state index in [0.717, 1.165) is 10.1 Å². The van der Waals surface area contributed by atoms with Crippen LogP contribution in [0.4, 0.5) is 0 Å². The largest absolute Gasteiger partial charge is 0.504 e. The van der Waals surface area contributed by atoms with Crippen LogP contribution in [-0.2, 0) is 0 Å². The number of fused-ring (bicyclic) bond motifs is 3. The van der Waals surface area contributed by atoms with Crippen molar-refractivity contribution in [1.82, 2.24) is 14.6 Å². The van der Waals surface area contributed by atoms with Gasteiger partial charge in [-0.25, -0.2) is 4.98 Å². The van der Waals surface area contributed by atoms with Crippen LogP contribution in [0.1, 0.15) is 5.56 Å². The van der Waals surface area contributed by atoms with Crippen molar-refractivity contribution in [2.45, 2.75) is 0 Å². The van der Waals surface area contributed by atoms with Gasteiger partial charge in [0.05, 0.1) is 33.1 Å². The van der Waals surface area contributed by atoms with Gasteiger partial charge in [0.2, 0.25) is 0 Å². The predicted molar refractivity (Wildman–Crippen MR) is 109 cm³/mol. The summed E-state index contributed by atoms with van der Waals surface area (Å²) in [5.41, 5.74) is 1.83. The molecular weight excluding hydrogens is 376 g/mol. The summed E-state index contributed by atoms with van der Waals surface area (Å²) in [4.78, 5) is 20.3. The Bertz CT molecular complexity index is 1310. The minimum absolute atomic E-state index is 0.0221. The normalized spacial score (nSPS) is 11.4. The highest BCUT2D eigenvalue weighted by Gasteiger charge is 2.14. The first-order valence-electron chi connectivity index (χ1n) is 8.62. The fraction of sp³-hybridized carbons (Fsp3) is 0.150. The molecule has 0 aliphatic heterocycles. The molecule has 0 amide bonds. The van der Waals surface area contributed by atoms with Crippen LogP contribution in [0.5, 0.6) is 23.0 Å².